The lowest BCUT2D eigenvalue weighted by Gasteiger charge is -2.35. The Morgan fingerprint density at radius 2 is 1.70 bits per heavy atom. The fourth-order valence-corrected chi connectivity index (χ4v) is 3.18. The van der Waals surface area contributed by atoms with E-state index in [2.05, 4.69) is 19.8 Å². The van der Waals surface area contributed by atoms with Crippen molar-refractivity contribution in [3.63, 3.8) is 0 Å². The summed E-state index contributed by atoms with van der Waals surface area (Å²) in [5.74, 6) is 2.11. The number of aliphatic imine (C=N–C) groups is 1. The van der Waals surface area contributed by atoms with Crippen molar-refractivity contribution < 1.29 is 4.74 Å². The second-order valence-electron chi connectivity index (χ2n) is 6.33. The number of rotatable bonds is 3. The van der Waals surface area contributed by atoms with Crippen LogP contribution in [0.2, 0.25) is 0 Å². The van der Waals surface area contributed by atoms with Gasteiger partial charge in [0.05, 0.1) is 24.3 Å². The second kappa shape index (κ2) is 7.49. The highest BCUT2D eigenvalue weighted by Crippen LogP contribution is 2.26. The van der Waals surface area contributed by atoms with Crippen LogP contribution in [0.15, 0.2) is 59.7 Å². The van der Waals surface area contributed by atoms with Crippen LogP contribution in [0.3, 0.4) is 0 Å². The molecule has 0 amide bonds. The first kappa shape index (κ1) is 17.1. The molecule has 2 N–H and O–H groups in total. The Hall–Kier alpha value is -3.35. The summed E-state index contributed by atoms with van der Waals surface area (Å²) in [6.07, 6.45) is 1.84. The van der Waals surface area contributed by atoms with Crippen molar-refractivity contribution in [3.05, 3.63) is 54.7 Å². The zero-order valence-corrected chi connectivity index (χ0v) is 15.2. The van der Waals surface area contributed by atoms with Crippen LogP contribution < -0.4 is 15.4 Å². The van der Waals surface area contributed by atoms with Gasteiger partial charge in [0.25, 0.3) is 0 Å². The van der Waals surface area contributed by atoms with E-state index in [1.165, 1.54) is 0 Å². The molecule has 1 aromatic heterocycles. The minimum atomic E-state index is 0.503. The lowest BCUT2D eigenvalue weighted by molar-refractivity contribution is 0.380. The van der Waals surface area contributed by atoms with Gasteiger partial charge >= 0.3 is 0 Å². The highest BCUT2D eigenvalue weighted by molar-refractivity contribution is 5.82. The number of hydrogen-bond donors (Lipinski definition) is 1. The maximum Gasteiger partial charge on any atom is 0.196 e. The van der Waals surface area contributed by atoms with E-state index in [4.69, 9.17) is 15.5 Å². The molecule has 3 aromatic rings. The van der Waals surface area contributed by atoms with Crippen molar-refractivity contribution in [2.45, 2.75) is 0 Å². The van der Waals surface area contributed by atoms with Gasteiger partial charge < -0.3 is 20.3 Å². The Kier molecular flexibility index (Phi) is 4.74. The van der Waals surface area contributed by atoms with E-state index in [0.29, 0.717) is 11.7 Å². The van der Waals surface area contributed by atoms with E-state index < -0.39 is 0 Å². The Morgan fingerprint density at radius 3 is 2.48 bits per heavy atom. The molecule has 1 aliphatic rings. The molecule has 1 saturated heterocycles. The van der Waals surface area contributed by atoms with Gasteiger partial charge in [-0.05, 0) is 24.3 Å². The van der Waals surface area contributed by atoms with Crippen LogP contribution in [0.25, 0.3) is 11.0 Å². The predicted octanol–water partition coefficient (Wildman–Crippen LogP) is 2.41. The average Bonchev–Trinajstić information content (AvgIpc) is 2.74. The van der Waals surface area contributed by atoms with Gasteiger partial charge in [0, 0.05) is 26.2 Å². The maximum atomic E-state index is 6.24. The molecule has 4 rings (SSSR count). The number of ether oxygens (including phenoxy) is 1. The van der Waals surface area contributed by atoms with E-state index in [0.717, 1.165) is 48.7 Å². The Bertz CT molecular complexity index is 965. The molecule has 0 spiro atoms. The minimum absolute atomic E-state index is 0.503. The van der Waals surface area contributed by atoms with Crippen molar-refractivity contribution in [2.75, 3.05) is 38.2 Å². The first-order valence-corrected chi connectivity index (χ1v) is 8.93. The van der Waals surface area contributed by atoms with E-state index in [1.54, 1.807) is 7.11 Å². The van der Waals surface area contributed by atoms with Crippen LogP contribution in [0.1, 0.15) is 0 Å². The molecular weight excluding hydrogens is 340 g/mol. The zero-order chi connectivity index (χ0) is 18.6. The van der Waals surface area contributed by atoms with Gasteiger partial charge in [-0.25, -0.2) is 9.98 Å². The number of nitrogens with two attached hydrogens (primary N) is 1. The molecule has 1 aliphatic heterocycles. The highest BCUT2D eigenvalue weighted by atomic mass is 16.5. The lowest BCUT2D eigenvalue weighted by atomic mass is 10.3. The van der Waals surface area contributed by atoms with Crippen molar-refractivity contribution >= 4 is 28.5 Å². The number of methoxy groups -OCH3 is 1. The molecular formula is C20H22N6O. The molecule has 27 heavy (non-hydrogen) atoms. The molecule has 2 aromatic carbocycles. The third-order valence-electron chi connectivity index (χ3n) is 4.68. The van der Waals surface area contributed by atoms with E-state index in [9.17, 15) is 0 Å². The summed E-state index contributed by atoms with van der Waals surface area (Å²) in [5.41, 5.74) is 8.79. The Balaban J connectivity index is 1.45. The van der Waals surface area contributed by atoms with E-state index in [1.807, 2.05) is 54.7 Å². The summed E-state index contributed by atoms with van der Waals surface area (Å²) in [7, 11) is 1.63. The van der Waals surface area contributed by atoms with Crippen molar-refractivity contribution in [2.24, 2.45) is 10.7 Å². The summed E-state index contributed by atoms with van der Waals surface area (Å²) in [4.78, 5) is 18.1. The van der Waals surface area contributed by atoms with Gasteiger partial charge in [0.15, 0.2) is 5.96 Å². The fraction of sp³-hybridized carbons (Fsp3) is 0.250. The normalized spacial score (nSPS) is 15.2. The number of benzene rings is 2. The number of fused-ring (bicyclic) bond motifs is 1. The number of aromatic nitrogens is 2. The number of hydrogen-bond acceptors (Lipinski definition) is 5. The van der Waals surface area contributed by atoms with Crippen molar-refractivity contribution in [3.8, 4) is 5.75 Å². The number of guanidine groups is 1. The average molecular weight is 362 g/mol. The summed E-state index contributed by atoms with van der Waals surface area (Å²) in [6, 6.07) is 15.5. The molecule has 138 valence electrons. The van der Waals surface area contributed by atoms with Gasteiger partial charge in [-0.2, -0.15) is 0 Å². The molecule has 0 radical (unpaired) electrons. The van der Waals surface area contributed by atoms with Gasteiger partial charge in [-0.3, -0.25) is 4.98 Å². The second-order valence-corrected chi connectivity index (χ2v) is 6.33. The largest absolute Gasteiger partial charge is 0.494 e. The molecule has 0 unspecified atom stereocenters. The zero-order valence-electron chi connectivity index (χ0n) is 15.2. The Labute approximate surface area is 158 Å². The predicted molar refractivity (Wildman–Crippen MR) is 108 cm³/mol. The monoisotopic (exact) mass is 362 g/mol. The topological polar surface area (TPSA) is 79.9 Å². The molecule has 2 heterocycles. The fourth-order valence-electron chi connectivity index (χ4n) is 3.18. The first-order valence-electron chi connectivity index (χ1n) is 8.93. The molecule has 0 atom stereocenters. The van der Waals surface area contributed by atoms with Gasteiger partial charge in [0.2, 0.25) is 0 Å². The van der Waals surface area contributed by atoms with Gasteiger partial charge in [-0.15, -0.1) is 0 Å². The maximum absolute atomic E-state index is 6.24. The number of piperazine rings is 1. The quantitative estimate of drug-likeness (QED) is 0.569. The molecule has 7 heteroatoms. The molecule has 0 bridgehead atoms. The minimum Gasteiger partial charge on any atom is -0.494 e. The van der Waals surface area contributed by atoms with Crippen LogP contribution in [-0.2, 0) is 0 Å². The third kappa shape index (κ3) is 3.62. The highest BCUT2D eigenvalue weighted by Gasteiger charge is 2.20. The van der Waals surface area contributed by atoms with Crippen LogP contribution in [0.5, 0.6) is 5.75 Å². The molecule has 0 saturated carbocycles. The van der Waals surface area contributed by atoms with Crippen LogP contribution in [-0.4, -0.2) is 54.1 Å². The summed E-state index contributed by atoms with van der Waals surface area (Å²) >= 11 is 0. The molecule has 0 aliphatic carbocycles. The van der Waals surface area contributed by atoms with Gasteiger partial charge in [-0.1, -0.05) is 24.3 Å². The third-order valence-corrected chi connectivity index (χ3v) is 4.68. The van der Waals surface area contributed by atoms with Crippen molar-refractivity contribution in [1.29, 1.82) is 0 Å². The molecule has 7 nitrogen and oxygen atoms in total. The molecule has 1 fully saturated rings. The smallest absolute Gasteiger partial charge is 0.196 e. The first-order chi connectivity index (χ1) is 13.2. The SMILES string of the molecule is COc1ccccc1N=C(N)N1CCN(c2cnc3ccccc3n2)CC1. The summed E-state index contributed by atoms with van der Waals surface area (Å²) in [5, 5.41) is 0. The number of para-hydroxylation sites is 4. The van der Waals surface area contributed by atoms with E-state index >= 15 is 0 Å². The summed E-state index contributed by atoms with van der Waals surface area (Å²) < 4.78 is 5.34. The van der Waals surface area contributed by atoms with E-state index in [-0.39, 0.29) is 0 Å². The summed E-state index contributed by atoms with van der Waals surface area (Å²) in [6.45, 7) is 3.18. The van der Waals surface area contributed by atoms with Crippen LogP contribution >= 0.6 is 0 Å². The number of anilines is 1. The number of nitrogens with zero attached hydrogens (tertiary/aromatic N) is 5. The van der Waals surface area contributed by atoms with Crippen molar-refractivity contribution in [1.82, 2.24) is 14.9 Å². The van der Waals surface area contributed by atoms with Crippen LogP contribution in [0.4, 0.5) is 11.5 Å². The Morgan fingerprint density at radius 1 is 1.00 bits per heavy atom. The van der Waals surface area contributed by atoms with Gasteiger partial charge in [0.1, 0.15) is 17.3 Å². The lowest BCUT2D eigenvalue weighted by Crippen LogP contribution is -2.51. The van der Waals surface area contributed by atoms with Crippen LogP contribution in [0, 0.1) is 0 Å². The standard InChI is InChI=1S/C20H22N6O/c1-27-18-9-5-4-8-17(18)24-20(21)26-12-10-25(11-13-26)19-14-22-15-6-2-3-7-16(15)23-19/h2-9,14H,10-13H2,1H3,(H2,21,24).